The van der Waals surface area contributed by atoms with Gasteiger partial charge in [0.1, 0.15) is 11.6 Å². The van der Waals surface area contributed by atoms with E-state index < -0.39 is 0 Å². The number of nitrogens with zero attached hydrogens (tertiary/aromatic N) is 4. The van der Waals surface area contributed by atoms with Gasteiger partial charge in [0.05, 0.1) is 12.3 Å². The number of aromatic nitrogens is 4. The summed E-state index contributed by atoms with van der Waals surface area (Å²) in [6.45, 7) is 6.80. The molecule has 0 aliphatic carbocycles. The maximum atomic E-state index is 12.5. The summed E-state index contributed by atoms with van der Waals surface area (Å²) in [7, 11) is 0. The van der Waals surface area contributed by atoms with Crippen molar-refractivity contribution in [1.82, 2.24) is 19.7 Å². The van der Waals surface area contributed by atoms with E-state index >= 15 is 0 Å². The van der Waals surface area contributed by atoms with Gasteiger partial charge in [0.2, 0.25) is 5.91 Å². The van der Waals surface area contributed by atoms with Crippen molar-refractivity contribution < 1.29 is 9.53 Å². The number of para-hydroxylation sites is 1. The van der Waals surface area contributed by atoms with Crippen LogP contribution in [0.4, 0.5) is 5.82 Å². The van der Waals surface area contributed by atoms with E-state index in [0.717, 1.165) is 22.6 Å². The van der Waals surface area contributed by atoms with Crippen LogP contribution in [0.5, 0.6) is 5.75 Å². The van der Waals surface area contributed by atoms with Crippen molar-refractivity contribution in [3.05, 3.63) is 59.5 Å². The Labute approximate surface area is 163 Å². The van der Waals surface area contributed by atoms with Gasteiger partial charge in [-0.05, 0) is 25.0 Å². The zero-order chi connectivity index (χ0) is 19.7. The largest absolute Gasteiger partial charge is 0.493 e. The molecule has 0 radical (unpaired) electrons. The van der Waals surface area contributed by atoms with E-state index in [-0.39, 0.29) is 11.8 Å². The molecule has 0 bridgehead atoms. The van der Waals surface area contributed by atoms with Crippen LogP contribution in [-0.4, -0.2) is 32.3 Å². The summed E-state index contributed by atoms with van der Waals surface area (Å²) in [5, 5.41) is 7.57. The predicted octanol–water partition coefficient (Wildman–Crippen LogP) is 3.48. The normalized spacial score (nSPS) is 16.0. The Balaban J connectivity index is 1.81. The smallest absolute Gasteiger partial charge is 0.252 e. The van der Waals surface area contributed by atoms with Gasteiger partial charge >= 0.3 is 0 Å². The number of amides is 1. The number of benzene rings is 1. The summed E-state index contributed by atoms with van der Waals surface area (Å²) in [6, 6.07) is 9.67. The first kappa shape index (κ1) is 18.2. The van der Waals surface area contributed by atoms with E-state index in [1.807, 2.05) is 31.2 Å². The summed E-state index contributed by atoms with van der Waals surface area (Å²) in [4.78, 5) is 21.1. The molecule has 1 N–H and O–H groups in total. The van der Waals surface area contributed by atoms with E-state index in [9.17, 15) is 4.79 Å². The fraction of sp³-hybridized carbons (Fsp3) is 0.333. The van der Waals surface area contributed by atoms with Gasteiger partial charge in [-0.1, -0.05) is 32.0 Å². The Morgan fingerprint density at radius 3 is 2.71 bits per heavy atom. The SMILES string of the molecule is Cc1nn(-c2ncccn2)c2c1[C@H](c1ccccc1OCC(C)C)CC(=O)N2. The van der Waals surface area contributed by atoms with E-state index in [4.69, 9.17) is 4.74 Å². The van der Waals surface area contributed by atoms with E-state index in [2.05, 4.69) is 34.2 Å². The minimum absolute atomic E-state index is 0.0618. The zero-order valence-electron chi connectivity index (χ0n) is 16.2. The fourth-order valence-corrected chi connectivity index (χ4v) is 3.51. The monoisotopic (exact) mass is 377 g/mol. The molecule has 0 unspecified atom stereocenters. The lowest BCUT2D eigenvalue weighted by Gasteiger charge is -2.26. The molecular weight excluding hydrogens is 354 g/mol. The molecule has 3 aromatic rings. The highest BCUT2D eigenvalue weighted by Crippen LogP contribution is 2.42. The molecule has 28 heavy (non-hydrogen) atoms. The lowest BCUT2D eigenvalue weighted by Crippen LogP contribution is -2.25. The summed E-state index contributed by atoms with van der Waals surface area (Å²) < 4.78 is 7.65. The molecule has 7 nitrogen and oxygen atoms in total. The summed E-state index contributed by atoms with van der Waals surface area (Å²) in [5.41, 5.74) is 2.81. The third-order valence-electron chi connectivity index (χ3n) is 4.71. The maximum absolute atomic E-state index is 12.5. The molecule has 2 aromatic heterocycles. The van der Waals surface area contributed by atoms with Crippen LogP contribution in [0.2, 0.25) is 0 Å². The summed E-state index contributed by atoms with van der Waals surface area (Å²) in [5.74, 6) is 2.08. The van der Waals surface area contributed by atoms with Crippen LogP contribution in [0.15, 0.2) is 42.7 Å². The van der Waals surface area contributed by atoms with Gasteiger partial charge < -0.3 is 10.1 Å². The molecule has 1 aromatic carbocycles. The number of hydrogen-bond acceptors (Lipinski definition) is 5. The number of rotatable bonds is 5. The third kappa shape index (κ3) is 3.35. The Morgan fingerprint density at radius 1 is 1.21 bits per heavy atom. The molecule has 144 valence electrons. The Bertz CT molecular complexity index is 997. The van der Waals surface area contributed by atoms with Crippen LogP contribution in [0.25, 0.3) is 5.95 Å². The second kappa shape index (κ2) is 7.42. The van der Waals surface area contributed by atoms with Crippen LogP contribution in [-0.2, 0) is 4.79 Å². The van der Waals surface area contributed by atoms with Gasteiger partial charge in [-0.3, -0.25) is 4.79 Å². The number of aryl methyl sites for hydroxylation is 1. The predicted molar refractivity (Wildman–Crippen MR) is 106 cm³/mol. The van der Waals surface area contributed by atoms with Crippen molar-refractivity contribution in [3.8, 4) is 11.7 Å². The van der Waals surface area contributed by atoms with Crippen molar-refractivity contribution in [2.45, 2.75) is 33.1 Å². The van der Waals surface area contributed by atoms with Crippen molar-refractivity contribution in [2.75, 3.05) is 11.9 Å². The average Bonchev–Trinajstić information content (AvgIpc) is 3.03. The van der Waals surface area contributed by atoms with E-state index in [1.165, 1.54) is 0 Å². The number of nitrogens with one attached hydrogen (secondary N) is 1. The van der Waals surface area contributed by atoms with E-state index in [0.29, 0.717) is 30.7 Å². The first-order chi connectivity index (χ1) is 13.5. The van der Waals surface area contributed by atoms with Crippen molar-refractivity contribution >= 4 is 11.7 Å². The van der Waals surface area contributed by atoms with Crippen molar-refractivity contribution in [3.63, 3.8) is 0 Å². The van der Waals surface area contributed by atoms with Gasteiger partial charge in [0, 0.05) is 35.9 Å². The lowest BCUT2D eigenvalue weighted by molar-refractivity contribution is -0.116. The lowest BCUT2D eigenvalue weighted by atomic mass is 9.85. The first-order valence-electron chi connectivity index (χ1n) is 9.43. The molecule has 4 rings (SSSR count). The third-order valence-corrected chi connectivity index (χ3v) is 4.71. The quantitative estimate of drug-likeness (QED) is 0.736. The molecular formula is C21H23N5O2. The van der Waals surface area contributed by atoms with E-state index in [1.54, 1.807) is 23.1 Å². The fourth-order valence-electron chi connectivity index (χ4n) is 3.51. The van der Waals surface area contributed by atoms with Crippen molar-refractivity contribution in [1.29, 1.82) is 0 Å². The minimum atomic E-state index is -0.135. The molecule has 0 saturated heterocycles. The Hall–Kier alpha value is -3.22. The molecule has 0 saturated carbocycles. The summed E-state index contributed by atoms with van der Waals surface area (Å²) in [6.07, 6.45) is 3.66. The summed E-state index contributed by atoms with van der Waals surface area (Å²) >= 11 is 0. The molecule has 1 atom stereocenters. The minimum Gasteiger partial charge on any atom is -0.493 e. The second-order valence-corrected chi connectivity index (χ2v) is 7.36. The van der Waals surface area contributed by atoms with Gasteiger partial charge in [-0.15, -0.1) is 0 Å². The van der Waals surface area contributed by atoms with Crippen LogP contribution < -0.4 is 10.1 Å². The van der Waals surface area contributed by atoms with Crippen LogP contribution in [0, 0.1) is 12.8 Å². The molecule has 0 spiro atoms. The number of carbonyl (C=O) groups is 1. The van der Waals surface area contributed by atoms with Crippen LogP contribution in [0.3, 0.4) is 0 Å². The second-order valence-electron chi connectivity index (χ2n) is 7.36. The number of anilines is 1. The Morgan fingerprint density at radius 2 is 1.96 bits per heavy atom. The van der Waals surface area contributed by atoms with Crippen LogP contribution >= 0.6 is 0 Å². The van der Waals surface area contributed by atoms with Gasteiger partial charge in [-0.2, -0.15) is 9.78 Å². The number of fused-ring (bicyclic) bond motifs is 1. The maximum Gasteiger partial charge on any atom is 0.252 e. The molecule has 1 amide bonds. The van der Waals surface area contributed by atoms with Crippen LogP contribution in [0.1, 0.15) is 43.0 Å². The standard InChI is InChI=1S/C21H23N5O2/c1-13(2)12-28-17-8-5-4-7-15(17)16-11-18(27)24-20-19(16)14(3)25-26(20)21-22-9-6-10-23-21/h4-10,13,16H,11-12H2,1-3H3,(H,24,27)/t16-/m0/s1. The highest BCUT2D eigenvalue weighted by molar-refractivity contribution is 5.95. The molecule has 0 fully saturated rings. The molecule has 1 aliphatic heterocycles. The number of hydrogen-bond donors (Lipinski definition) is 1. The van der Waals surface area contributed by atoms with Gasteiger partial charge in [0.25, 0.3) is 5.95 Å². The molecule has 1 aliphatic rings. The molecule has 3 heterocycles. The zero-order valence-corrected chi connectivity index (χ0v) is 16.2. The average molecular weight is 377 g/mol. The first-order valence-corrected chi connectivity index (χ1v) is 9.43. The topological polar surface area (TPSA) is 81.9 Å². The van der Waals surface area contributed by atoms with Gasteiger partial charge in [0.15, 0.2) is 0 Å². The Kier molecular flexibility index (Phi) is 4.81. The number of carbonyl (C=O) groups excluding carboxylic acids is 1. The highest BCUT2D eigenvalue weighted by atomic mass is 16.5. The van der Waals surface area contributed by atoms with Crippen molar-refractivity contribution in [2.24, 2.45) is 5.92 Å². The highest BCUT2D eigenvalue weighted by Gasteiger charge is 2.34. The van der Waals surface area contributed by atoms with Gasteiger partial charge in [-0.25, -0.2) is 9.97 Å². The molecule has 7 heteroatoms. The number of ether oxygens (including phenoxy) is 1.